The van der Waals surface area contributed by atoms with Crippen molar-refractivity contribution in [2.24, 2.45) is 5.92 Å². The van der Waals surface area contributed by atoms with Crippen molar-refractivity contribution in [2.45, 2.75) is 13.3 Å². The summed E-state index contributed by atoms with van der Waals surface area (Å²) in [6, 6.07) is 7.10. The Labute approximate surface area is 106 Å². The highest BCUT2D eigenvalue weighted by Crippen LogP contribution is 2.29. The van der Waals surface area contributed by atoms with Crippen molar-refractivity contribution in [3.05, 3.63) is 18.2 Å². The van der Waals surface area contributed by atoms with Gasteiger partial charge in [-0.15, -0.1) is 0 Å². The van der Waals surface area contributed by atoms with Crippen LogP contribution in [0.5, 0.6) is 11.5 Å². The second-order valence-corrected chi connectivity index (χ2v) is 3.82. The molecule has 1 amide bonds. The maximum absolute atomic E-state index is 11.8. The lowest BCUT2D eigenvalue weighted by Gasteiger charge is -2.13. The van der Waals surface area contributed by atoms with Gasteiger partial charge in [0.15, 0.2) is 0 Å². The highest BCUT2D eigenvalue weighted by molar-refractivity contribution is 5.94. The van der Waals surface area contributed by atoms with Gasteiger partial charge >= 0.3 is 0 Å². The van der Waals surface area contributed by atoms with Gasteiger partial charge in [0.2, 0.25) is 5.91 Å². The summed E-state index contributed by atoms with van der Waals surface area (Å²) in [4.78, 5) is 11.8. The predicted molar refractivity (Wildman–Crippen MR) is 67.6 cm³/mol. The second kappa shape index (κ2) is 6.50. The van der Waals surface area contributed by atoms with Gasteiger partial charge in [-0.3, -0.25) is 4.79 Å². The largest absolute Gasteiger partial charge is 0.497 e. The van der Waals surface area contributed by atoms with Crippen molar-refractivity contribution in [3.8, 4) is 17.6 Å². The molecule has 0 heterocycles. The number of nitrogens with zero attached hydrogens (tertiary/aromatic N) is 1. The average molecular weight is 248 g/mol. The van der Waals surface area contributed by atoms with Crippen molar-refractivity contribution in [1.82, 2.24) is 0 Å². The lowest BCUT2D eigenvalue weighted by atomic mass is 10.1. The van der Waals surface area contributed by atoms with Crippen molar-refractivity contribution in [3.63, 3.8) is 0 Å². The van der Waals surface area contributed by atoms with Gasteiger partial charge in [0.05, 0.1) is 26.0 Å². The highest BCUT2D eigenvalue weighted by Gasteiger charge is 2.15. The summed E-state index contributed by atoms with van der Waals surface area (Å²) in [6.45, 7) is 1.70. The molecule has 1 unspecified atom stereocenters. The molecular formula is C13H16N2O3. The Morgan fingerprint density at radius 3 is 2.72 bits per heavy atom. The van der Waals surface area contributed by atoms with Crippen molar-refractivity contribution in [1.29, 1.82) is 5.26 Å². The normalized spacial score (nSPS) is 11.2. The first kappa shape index (κ1) is 13.8. The van der Waals surface area contributed by atoms with Crippen LogP contribution in [0.25, 0.3) is 0 Å². The maximum Gasteiger partial charge on any atom is 0.228 e. The van der Waals surface area contributed by atoms with Crippen molar-refractivity contribution >= 4 is 11.6 Å². The number of nitrogens with one attached hydrogen (secondary N) is 1. The molecule has 1 N–H and O–H groups in total. The van der Waals surface area contributed by atoms with E-state index in [-0.39, 0.29) is 18.2 Å². The third-order valence-corrected chi connectivity index (χ3v) is 2.51. The number of nitriles is 1. The Hall–Kier alpha value is -2.22. The Balaban J connectivity index is 2.88. The minimum absolute atomic E-state index is 0.179. The van der Waals surface area contributed by atoms with Crippen LogP contribution in [0.3, 0.4) is 0 Å². The Morgan fingerprint density at radius 1 is 1.44 bits per heavy atom. The van der Waals surface area contributed by atoms with E-state index >= 15 is 0 Å². The van der Waals surface area contributed by atoms with E-state index in [1.165, 1.54) is 7.11 Å². The molecule has 5 nitrogen and oxygen atoms in total. The summed E-state index contributed by atoms with van der Waals surface area (Å²) in [5.41, 5.74) is 0.534. The smallest absolute Gasteiger partial charge is 0.228 e. The standard InChI is InChI=1S/C13H16N2O3/c1-9(6-7-14)13(16)15-11-8-10(17-2)4-5-12(11)18-3/h4-5,8-9H,6H2,1-3H3,(H,15,16). The predicted octanol–water partition coefficient (Wildman–Crippen LogP) is 2.19. The van der Waals surface area contributed by atoms with Crippen LogP contribution < -0.4 is 14.8 Å². The van der Waals surface area contributed by atoms with Crippen LogP contribution in [-0.4, -0.2) is 20.1 Å². The highest BCUT2D eigenvalue weighted by atomic mass is 16.5. The number of ether oxygens (including phenoxy) is 2. The molecular weight excluding hydrogens is 232 g/mol. The number of rotatable bonds is 5. The van der Waals surface area contributed by atoms with E-state index in [9.17, 15) is 4.79 Å². The van der Waals surface area contributed by atoms with E-state index in [0.29, 0.717) is 17.2 Å². The summed E-state index contributed by atoms with van der Waals surface area (Å²) in [6.07, 6.45) is 0.179. The molecule has 0 spiro atoms. The molecule has 1 aromatic carbocycles. The third-order valence-electron chi connectivity index (χ3n) is 2.51. The molecule has 0 fully saturated rings. The zero-order valence-electron chi connectivity index (χ0n) is 10.7. The van der Waals surface area contributed by atoms with E-state index in [0.717, 1.165) is 0 Å². The van der Waals surface area contributed by atoms with Gasteiger partial charge in [-0.2, -0.15) is 5.26 Å². The molecule has 1 atom stereocenters. The number of methoxy groups -OCH3 is 2. The van der Waals surface area contributed by atoms with Crippen LogP contribution >= 0.6 is 0 Å². The molecule has 1 aromatic rings. The third kappa shape index (κ3) is 3.39. The molecule has 0 radical (unpaired) electrons. The van der Waals surface area contributed by atoms with E-state index in [1.54, 1.807) is 32.2 Å². The first-order valence-corrected chi connectivity index (χ1v) is 5.52. The lowest BCUT2D eigenvalue weighted by Crippen LogP contribution is -2.20. The Kier molecular flexibility index (Phi) is 5.00. The second-order valence-electron chi connectivity index (χ2n) is 3.82. The molecule has 0 saturated carbocycles. The monoisotopic (exact) mass is 248 g/mol. The van der Waals surface area contributed by atoms with Crippen molar-refractivity contribution < 1.29 is 14.3 Å². The van der Waals surface area contributed by atoms with E-state index in [4.69, 9.17) is 14.7 Å². The number of benzene rings is 1. The fraction of sp³-hybridized carbons (Fsp3) is 0.385. The molecule has 18 heavy (non-hydrogen) atoms. The average Bonchev–Trinajstić information content (AvgIpc) is 2.38. The van der Waals surface area contributed by atoms with Crippen LogP contribution in [0, 0.1) is 17.2 Å². The van der Waals surface area contributed by atoms with Crippen LogP contribution in [-0.2, 0) is 4.79 Å². The quantitative estimate of drug-likeness (QED) is 0.867. The van der Waals surface area contributed by atoms with E-state index < -0.39 is 0 Å². The van der Waals surface area contributed by atoms with Gasteiger partial charge in [0.25, 0.3) is 0 Å². The van der Waals surface area contributed by atoms with Crippen LogP contribution in [0.1, 0.15) is 13.3 Å². The molecule has 0 aromatic heterocycles. The Bertz CT molecular complexity index is 466. The van der Waals surface area contributed by atoms with E-state index in [1.807, 2.05) is 6.07 Å². The summed E-state index contributed by atoms with van der Waals surface area (Å²) < 4.78 is 10.2. The minimum Gasteiger partial charge on any atom is -0.497 e. The molecule has 5 heteroatoms. The SMILES string of the molecule is COc1ccc(OC)c(NC(=O)C(C)CC#N)c1. The molecule has 0 aliphatic rings. The molecule has 1 rings (SSSR count). The number of carbonyl (C=O) groups excluding carboxylic acids is 1. The van der Waals surface area contributed by atoms with Gasteiger partial charge < -0.3 is 14.8 Å². The summed E-state index contributed by atoms with van der Waals surface area (Å²) in [5, 5.41) is 11.3. The lowest BCUT2D eigenvalue weighted by molar-refractivity contribution is -0.119. The zero-order chi connectivity index (χ0) is 13.5. The van der Waals surface area contributed by atoms with Gasteiger partial charge in [-0.05, 0) is 12.1 Å². The van der Waals surface area contributed by atoms with Gasteiger partial charge in [-0.1, -0.05) is 6.92 Å². The Morgan fingerprint density at radius 2 is 2.17 bits per heavy atom. The van der Waals surface area contributed by atoms with Gasteiger partial charge in [-0.25, -0.2) is 0 Å². The number of anilines is 1. The number of hydrogen-bond acceptors (Lipinski definition) is 4. The first-order valence-electron chi connectivity index (χ1n) is 5.52. The zero-order valence-corrected chi connectivity index (χ0v) is 10.7. The van der Waals surface area contributed by atoms with Gasteiger partial charge in [0, 0.05) is 18.4 Å². The summed E-state index contributed by atoms with van der Waals surface area (Å²) in [5.74, 6) is 0.585. The van der Waals surface area contributed by atoms with Crippen molar-refractivity contribution in [2.75, 3.05) is 19.5 Å². The minimum atomic E-state index is -0.370. The van der Waals surface area contributed by atoms with Crippen LogP contribution in [0.2, 0.25) is 0 Å². The molecule has 0 saturated heterocycles. The fourth-order valence-electron chi connectivity index (χ4n) is 1.40. The van der Waals surface area contributed by atoms with Gasteiger partial charge in [0.1, 0.15) is 11.5 Å². The first-order chi connectivity index (χ1) is 8.62. The molecule has 96 valence electrons. The topological polar surface area (TPSA) is 71.3 Å². The molecule has 0 aliphatic carbocycles. The fourth-order valence-corrected chi connectivity index (χ4v) is 1.40. The molecule has 0 bridgehead atoms. The number of hydrogen-bond donors (Lipinski definition) is 1. The number of carbonyl (C=O) groups is 1. The van der Waals surface area contributed by atoms with Crippen LogP contribution in [0.4, 0.5) is 5.69 Å². The summed E-state index contributed by atoms with van der Waals surface area (Å²) >= 11 is 0. The van der Waals surface area contributed by atoms with E-state index in [2.05, 4.69) is 5.32 Å². The maximum atomic E-state index is 11.8. The number of amides is 1. The molecule has 0 aliphatic heterocycles. The summed E-state index contributed by atoms with van der Waals surface area (Å²) in [7, 11) is 3.07. The van der Waals surface area contributed by atoms with Crippen LogP contribution in [0.15, 0.2) is 18.2 Å².